The van der Waals surface area contributed by atoms with Gasteiger partial charge in [-0.3, -0.25) is 9.38 Å². The number of hydrogen-bond donors (Lipinski definition) is 0. The predicted molar refractivity (Wildman–Crippen MR) is 79.9 cm³/mol. The van der Waals surface area contributed by atoms with Crippen LogP contribution < -0.4 is 0 Å². The van der Waals surface area contributed by atoms with Gasteiger partial charge in [0.25, 0.3) is 0 Å². The Kier molecular flexibility index (Phi) is 2.18. The third-order valence-electron chi connectivity index (χ3n) is 3.56. The molecule has 1 saturated carbocycles. The Morgan fingerprint density at radius 1 is 1.28 bits per heavy atom. The van der Waals surface area contributed by atoms with Gasteiger partial charge in [-0.05, 0) is 54.5 Å². The summed E-state index contributed by atoms with van der Waals surface area (Å²) in [5, 5.41) is 0. The highest BCUT2D eigenvalue weighted by Gasteiger charge is 2.29. The van der Waals surface area contributed by atoms with Crippen LogP contribution in [0.2, 0.25) is 0 Å². The lowest BCUT2D eigenvalue weighted by molar-refractivity contribution is 0.990. The summed E-state index contributed by atoms with van der Waals surface area (Å²) >= 11 is 2.43. The summed E-state index contributed by atoms with van der Waals surface area (Å²) in [5.74, 6) is 0.675. The molecular weight excluding hydrogens is 337 g/mol. The number of nitrogens with zero attached hydrogens (tertiary/aromatic N) is 3. The fourth-order valence-electron chi connectivity index (χ4n) is 2.49. The van der Waals surface area contributed by atoms with Crippen LogP contribution in [0.15, 0.2) is 24.4 Å². The van der Waals surface area contributed by atoms with Crippen LogP contribution in [0.1, 0.15) is 30.1 Å². The van der Waals surface area contributed by atoms with Crippen LogP contribution in [0, 0.1) is 10.5 Å². The van der Waals surface area contributed by atoms with E-state index in [1.54, 1.807) is 0 Å². The number of pyridine rings is 2. The lowest BCUT2D eigenvalue weighted by Crippen LogP contribution is -1.97. The highest BCUT2D eigenvalue weighted by Crippen LogP contribution is 2.42. The van der Waals surface area contributed by atoms with Gasteiger partial charge in [0.05, 0.1) is 20.5 Å². The highest BCUT2D eigenvalue weighted by molar-refractivity contribution is 14.1. The van der Waals surface area contributed by atoms with E-state index in [-0.39, 0.29) is 0 Å². The van der Waals surface area contributed by atoms with Crippen molar-refractivity contribution in [1.82, 2.24) is 14.4 Å². The van der Waals surface area contributed by atoms with E-state index in [2.05, 4.69) is 46.2 Å². The molecule has 3 heterocycles. The molecule has 0 amide bonds. The first-order valence-corrected chi connectivity index (χ1v) is 7.26. The molecule has 4 rings (SSSR count). The van der Waals surface area contributed by atoms with E-state index in [0.29, 0.717) is 5.92 Å². The monoisotopic (exact) mass is 349 g/mol. The molecule has 1 aliphatic carbocycles. The molecule has 0 atom stereocenters. The van der Waals surface area contributed by atoms with Crippen LogP contribution in [0.3, 0.4) is 0 Å². The summed E-state index contributed by atoms with van der Waals surface area (Å²) < 4.78 is 3.45. The minimum Gasteiger partial charge on any atom is -0.298 e. The minimum atomic E-state index is 0.675. The smallest absolute Gasteiger partial charge is 0.138 e. The van der Waals surface area contributed by atoms with Crippen molar-refractivity contribution in [2.75, 3.05) is 0 Å². The van der Waals surface area contributed by atoms with E-state index >= 15 is 0 Å². The standard InChI is InChI=1S/C14H12IN3/c1-8-12-14(11(15)13(16-8)9-5-6-9)18-7-3-2-4-10(18)17-12/h2-4,7,9H,5-6H2,1H3. The minimum absolute atomic E-state index is 0.675. The third-order valence-corrected chi connectivity index (χ3v) is 4.62. The zero-order valence-electron chi connectivity index (χ0n) is 10.0. The third kappa shape index (κ3) is 1.41. The number of hydrogen-bond acceptors (Lipinski definition) is 2. The number of aromatic nitrogens is 3. The molecule has 3 aromatic rings. The summed E-state index contributed by atoms with van der Waals surface area (Å²) in [6.45, 7) is 2.07. The number of aryl methyl sites for hydroxylation is 1. The van der Waals surface area contributed by atoms with Crippen molar-refractivity contribution in [3.05, 3.63) is 39.4 Å². The first-order valence-electron chi connectivity index (χ1n) is 6.18. The maximum atomic E-state index is 4.77. The Morgan fingerprint density at radius 3 is 2.89 bits per heavy atom. The van der Waals surface area contributed by atoms with Crippen molar-refractivity contribution in [3.8, 4) is 0 Å². The molecule has 0 N–H and O–H groups in total. The van der Waals surface area contributed by atoms with Gasteiger partial charge < -0.3 is 0 Å². The van der Waals surface area contributed by atoms with Crippen LogP contribution in [-0.4, -0.2) is 14.4 Å². The molecule has 0 aliphatic heterocycles. The molecule has 18 heavy (non-hydrogen) atoms. The van der Waals surface area contributed by atoms with E-state index < -0.39 is 0 Å². The normalized spacial score (nSPS) is 15.7. The van der Waals surface area contributed by atoms with E-state index in [1.165, 1.54) is 27.6 Å². The van der Waals surface area contributed by atoms with Gasteiger partial charge in [-0.1, -0.05) is 6.07 Å². The SMILES string of the molecule is Cc1nc(C2CC2)c(I)c2c1nc1ccccn12. The first-order chi connectivity index (χ1) is 8.75. The summed E-state index contributed by atoms with van der Waals surface area (Å²) in [6.07, 6.45) is 4.65. The quantitative estimate of drug-likeness (QED) is 0.628. The van der Waals surface area contributed by atoms with Crippen molar-refractivity contribution in [1.29, 1.82) is 0 Å². The van der Waals surface area contributed by atoms with E-state index in [9.17, 15) is 0 Å². The van der Waals surface area contributed by atoms with Gasteiger partial charge in [-0.25, -0.2) is 4.98 Å². The average molecular weight is 349 g/mol. The fraction of sp³-hybridized carbons (Fsp3) is 0.286. The van der Waals surface area contributed by atoms with Crippen LogP contribution in [0.25, 0.3) is 16.7 Å². The van der Waals surface area contributed by atoms with Crippen LogP contribution in [-0.2, 0) is 0 Å². The lowest BCUT2D eigenvalue weighted by atomic mass is 10.2. The Balaban J connectivity index is 2.20. The Bertz CT molecular complexity index is 771. The fourth-order valence-corrected chi connectivity index (χ4v) is 3.57. The second-order valence-corrected chi connectivity index (χ2v) is 5.99. The lowest BCUT2D eigenvalue weighted by Gasteiger charge is -2.06. The average Bonchev–Trinajstić information content (AvgIpc) is 3.13. The molecule has 0 radical (unpaired) electrons. The predicted octanol–water partition coefficient (Wildman–Crippen LogP) is 3.67. The molecule has 0 spiro atoms. The van der Waals surface area contributed by atoms with E-state index in [0.717, 1.165) is 16.9 Å². The van der Waals surface area contributed by atoms with Gasteiger partial charge in [-0.2, -0.15) is 0 Å². The van der Waals surface area contributed by atoms with Crippen molar-refractivity contribution >= 4 is 39.3 Å². The second kappa shape index (κ2) is 3.66. The van der Waals surface area contributed by atoms with Gasteiger partial charge in [-0.15, -0.1) is 0 Å². The van der Waals surface area contributed by atoms with Crippen molar-refractivity contribution in [2.45, 2.75) is 25.7 Å². The molecule has 0 unspecified atom stereocenters. The van der Waals surface area contributed by atoms with E-state index in [4.69, 9.17) is 9.97 Å². The van der Waals surface area contributed by atoms with Crippen molar-refractivity contribution < 1.29 is 0 Å². The largest absolute Gasteiger partial charge is 0.298 e. The van der Waals surface area contributed by atoms with Crippen molar-refractivity contribution in [2.24, 2.45) is 0 Å². The molecule has 3 nitrogen and oxygen atoms in total. The van der Waals surface area contributed by atoms with E-state index in [1.807, 2.05) is 12.1 Å². The number of halogens is 1. The zero-order valence-corrected chi connectivity index (χ0v) is 12.2. The summed E-state index contributed by atoms with van der Waals surface area (Å²) in [4.78, 5) is 9.47. The van der Waals surface area contributed by atoms with Gasteiger partial charge in [0.15, 0.2) is 0 Å². The molecular formula is C14H12IN3. The summed E-state index contributed by atoms with van der Waals surface area (Å²) in [5.41, 5.74) is 5.58. The second-order valence-electron chi connectivity index (χ2n) is 4.91. The number of imidazole rings is 1. The Hall–Kier alpha value is -1.17. The van der Waals surface area contributed by atoms with Crippen LogP contribution >= 0.6 is 22.6 Å². The maximum Gasteiger partial charge on any atom is 0.138 e. The molecule has 0 aromatic carbocycles. The van der Waals surface area contributed by atoms with Crippen molar-refractivity contribution in [3.63, 3.8) is 0 Å². The maximum absolute atomic E-state index is 4.77. The summed E-state index contributed by atoms with van der Waals surface area (Å²) in [7, 11) is 0. The van der Waals surface area contributed by atoms with Gasteiger partial charge in [0, 0.05) is 12.1 Å². The number of fused-ring (bicyclic) bond motifs is 3. The molecule has 0 saturated heterocycles. The first kappa shape index (κ1) is 10.7. The molecule has 1 fully saturated rings. The highest BCUT2D eigenvalue weighted by atomic mass is 127. The summed E-state index contributed by atoms with van der Waals surface area (Å²) in [6, 6.07) is 6.13. The molecule has 0 bridgehead atoms. The zero-order chi connectivity index (χ0) is 12.3. The molecule has 90 valence electrons. The molecule has 1 aliphatic rings. The van der Waals surface area contributed by atoms with Gasteiger partial charge in [0.2, 0.25) is 0 Å². The number of rotatable bonds is 1. The van der Waals surface area contributed by atoms with Gasteiger partial charge in [0.1, 0.15) is 11.2 Å². The Labute approximate surface area is 118 Å². The van der Waals surface area contributed by atoms with Crippen LogP contribution in [0.4, 0.5) is 0 Å². The molecule has 3 aromatic heterocycles. The molecule has 4 heteroatoms. The topological polar surface area (TPSA) is 30.2 Å². The van der Waals surface area contributed by atoms with Gasteiger partial charge >= 0.3 is 0 Å². The van der Waals surface area contributed by atoms with Crippen LogP contribution in [0.5, 0.6) is 0 Å². The Morgan fingerprint density at radius 2 is 2.11 bits per heavy atom.